The van der Waals surface area contributed by atoms with Gasteiger partial charge in [-0.15, -0.1) is 24.0 Å². The molecule has 1 atom stereocenters. The molecule has 0 amide bonds. The molecule has 0 saturated carbocycles. The van der Waals surface area contributed by atoms with E-state index in [-0.39, 0.29) is 24.0 Å². The highest BCUT2D eigenvalue weighted by atomic mass is 127. The summed E-state index contributed by atoms with van der Waals surface area (Å²) in [4.78, 5) is 4.21. The molecular formula is C14H27IN4O. The van der Waals surface area contributed by atoms with Gasteiger partial charge in [0.1, 0.15) is 12.0 Å². The summed E-state index contributed by atoms with van der Waals surface area (Å²) in [7, 11) is 1.77. The van der Waals surface area contributed by atoms with Crippen molar-refractivity contribution in [2.75, 3.05) is 7.05 Å². The summed E-state index contributed by atoms with van der Waals surface area (Å²) in [5.41, 5.74) is 1.23. The second-order valence-electron chi connectivity index (χ2n) is 6.06. The van der Waals surface area contributed by atoms with Crippen LogP contribution in [0.25, 0.3) is 0 Å². The molecule has 0 aromatic carbocycles. The molecule has 0 aliphatic carbocycles. The van der Waals surface area contributed by atoms with Crippen LogP contribution in [-0.2, 0) is 6.54 Å². The van der Waals surface area contributed by atoms with E-state index < -0.39 is 0 Å². The highest BCUT2D eigenvalue weighted by Crippen LogP contribution is 2.21. The van der Waals surface area contributed by atoms with Gasteiger partial charge in [0.05, 0.1) is 6.54 Å². The van der Waals surface area contributed by atoms with E-state index in [1.54, 1.807) is 13.3 Å². The standard InChI is InChI=1S/C14H26N4O.HI/c1-11(6-8-14(2,3)4)17-13(15-5)16-10-12-7-9-19-18-12;/h7,9,11H,6,8,10H2,1-5H3,(H2,15,16,17);1H. The van der Waals surface area contributed by atoms with Crippen LogP contribution in [0.5, 0.6) is 0 Å². The van der Waals surface area contributed by atoms with Gasteiger partial charge in [-0.3, -0.25) is 4.99 Å². The first-order valence-corrected chi connectivity index (χ1v) is 6.77. The highest BCUT2D eigenvalue weighted by molar-refractivity contribution is 14.0. The molecule has 1 aromatic heterocycles. The molecular weight excluding hydrogens is 367 g/mol. The Morgan fingerprint density at radius 2 is 2.15 bits per heavy atom. The van der Waals surface area contributed by atoms with Crippen LogP contribution in [0.15, 0.2) is 21.8 Å². The Morgan fingerprint density at radius 1 is 1.45 bits per heavy atom. The maximum atomic E-state index is 4.79. The van der Waals surface area contributed by atoms with Crippen LogP contribution in [0.1, 0.15) is 46.2 Å². The van der Waals surface area contributed by atoms with Crippen molar-refractivity contribution in [3.63, 3.8) is 0 Å². The van der Waals surface area contributed by atoms with Crippen LogP contribution in [0, 0.1) is 5.41 Å². The molecule has 1 aromatic rings. The molecule has 116 valence electrons. The zero-order valence-corrected chi connectivity index (χ0v) is 15.4. The fourth-order valence-corrected chi connectivity index (χ4v) is 1.65. The SMILES string of the molecule is CN=C(NCc1ccon1)NC(C)CCC(C)(C)C.I. The monoisotopic (exact) mass is 394 g/mol. The summed E-state index contributed by atoms with van der Waals surface area (Å²) in [6.45, 7) is 9.57. The molecule has 0 saturated heterocycles. The van der Waals surface area contributed by atoms with Gasteiger partial charge in [-0.2, -0.15) is 0 Å². The summed E-state index contributed by atoms with van der Waals surface area (Å²) in [6, 6.07) is 2.23. The number of aromatic nitrogens is 1. The second-order valence-corrected chi connectivity index (χ2v) is 6.06. The first-order chi connectivity index (χ1) is 8.90. The third-order valence-electron chi connectivity index (χ3n) is 2.86. The van der Waals surface area contributed by atoms with Gasteiger partial charge in [0.2, 0.25) is 0 Å². The number of aliphatic imine (C=N–C) groups is 1. The molecule has 0 spiro atoms. The van der Waals surface area contributed by atoms with Crippen molar-refractivity contribution in [1.82, 2.24) is 15.8 Å². The largest absolute Gasteiger partial charge is 0.364 e. The second kappa shape index (κ2) is 9.20. The van der Waals surface area contributed by atoms with Gasteiger partial charge >= 0.3 is 0 Å². The van der Waals surface area contributed by atoms with E-state index in [2.05, 4.69) is 48.5 Å². The lowest BCUT2D eigenvalue weighted by Crippen LogP contribution is -2.42. The van der Waals surface area contributed by atoms with Crippen LogP contribution < -0.4 is 10.6 Å². The Bertz CT molecular complexity index is 384. The molecule has 1 heterocycles. The van der Waals surface area contributed by atoms with Crippen LogP contribution in [-0.4, -0.2) is 24.2 Å². The predicted molar refractivity (Wildman–Crippen MR) is 93.4 cm³/mol. The molecule has 1 rings (SSSR count). The van der Waals surface area contributed by atoms with Gasteiger partial charge in [-0.05, 0) is 25.2 Å². The van der Waals surface area contributed by atoms with Gasteiger partial charge in [0.15, 0.2) is 5.96 Å². The quantitative estimate of drug-likeness (QED) is 0.458. The van der Waals surface area contributed by atoms with Crippen molar-refractivity contribution in [1.29, 1.82) is 0 Å². The molecule has 0 bridgehead atoms. The Labute approximate surface area is 139 Å². The van der Waals surface area contributed by atoms with Crippen molar-refractivity contribution < 1.29 is 4.52 Å². The zero-order valence-electron chi connectivity index (χ0n) is 13.1. The number of nitrogens with zero attached hydrogens (tertiary/aromatic N) is 2. The third kappa shape index (κ3) is 8.39. The van der Waals surface area contributed by atoms with Gasteiger partial charge in [0.25, 0.3) is 0 Å². The van der Waals surface area contributed by atoms with E-state index in [9.17, 15) is 0 Å². The van der Waals surface area contributed by atoms with E-state index >= 15 is 0 Å². The maximum absolute atomic E-state index is 4.79. The first kappa shape index (κ1) is 19.2. The highest BCUT2D eigenvalue weighted by Gasteiger charge is 2.13. The molecule has 0 aliphatic heterocycles. The maximum Gasteiger partial charge on any atom is 0.191 e. The fourth-order valence-electron chi connectivity index (χ4n) is 1.65. The van der Waals surface area contributed by atoms with Gasteiger partial charge in [-0.25, -0.2) is 0 Å². The minimum atomic E-state index is 0. The minimum Gasteiger partial charge on any atom is -0.364 e. The van der Waals surface area contributed by atoms with Gasteiger partial charge in [-0.1, -0.05) is 25.9 Å². The summed E-state index contributed by atoms with van der Waals surface area (Å²) in [5.74, 6) is 0.796. The Kier molecular flexibility index (Phi) is 8.84. The number of hydrogen-bond acceptors (Lipinski definition) is 3. The van der Waals surface area contributed by atoms with Gasteiger partial charge < -0.3 is 15.2 Å². The molecule has 0 aliphatic rings. The molecule has 20 heavy (non-hydrogen) atoms. The molecule has 2 N–H and O–H groups in total. The average molecular weight is 394 g/mol. The number of rotatable bonds is 5. The average Bonchev–Trinajstić information content (AvgIpc) is 2.84. The Balaban J connectivity index is 0.00000361. The normalized spacial score (nSPS) is 13.6. The lowest BCUT2D eigenvalue weighted by atomic mass is 9.89. The molecule has 1 unspecified atom stereocenters. The van der Waals surface area contributed by atoms with Crippen LogP contribution in [0.4, 0.5) is 0 Å². The van der Waals surface area contributed by atoms with E-state index in [0.29, 0.717) is 18.0 Å². The van der Waals surface area contributed by atoms with Crippen molar-refractivity contribution in [3.8, 4) is 0 Å². The number of guanidine groups is 1. The molecule has 5 nitrogen and oxygen atoms in total. The predicted octanol–water partition coefficient (Wildman–Crippen LogP) is 3.17. The third-order valence-corrected chi connectivity index (χ3v) is 2.86. The smallest absolute Gasteiger partial charge is 0.191 e. The Morgan fingerprint density at radius 3 is 2.65 bits per heavy atom. The lowest BCUT2D eigenvalue weighted by molar-refractivity contribution is 0.346. The molecule has 6 heteroatoms. The van der Waals surface area contributed by atoms with E-state index in [1.807, 2.05) is 6.07 Å². The molecule has 0 radical (unpaired) electrons. The van der Waals surface area contributed by atoms with Crippen LogP contribution in [0.2, 0.25) is 0 Å². The van der Waals surface area contributed by atoms with E-state index in [4.69, 9.17) is 4.52 Å². The number of halogens is 1. The Hall–Kier alpha value is -0.790. The van der Waals surface area contributed by atoms with Crippen molar-refractivity contribution >= 4 is 29.9 Å². The van der Waals surface area contributed by atoms with E-state index in [1.165, 1.54) is 6.42 Å². The van der Waals surface area contributed by atoms with Crippen LogP contribution in [0.3, 0.4) is 0 Å². The van der Waals surface area contributed by atoms with Crippen molar-refractivity contribution in [3.05, 3.63) is 18.0 Å². The number of nitrogens with one attached hydrogen (secondary N) is 2. The van der Waals surface area contributed by atoms with Crippen LogP contribution >= 0.6 is 24.0 Å². The molecule has 0 fully saturated rings. The summed E-state index contributed by atoms with van der Waals surface area (Å²) in [5, 5.41) is 10.4. The van der Waals surface area contributed by atoms with Crippen molar-refractivity contribution in [2.45, 2.75) is 53.1 Å². The summed E-state index contributed by atoms with van der Waals surface area (Å²) in [6.07, 6.45) is 3.87. The zero-order chi connectivity index (χ0) is 14.3. The fraction of sp³-hybridized carbons (Fsp3) is 0.714. The number of hydrogen-bond donors (Lipinski definition) is 2. The van der Waals surface area contributed by atoms with Crippen molar-refractivity contribution in [2.24, 2.45) is 10.4 Å². The summed E-state index contributed by atoms with van der Waals surface area (Å²) >= 11 is 0. The van der Waals surface area contributed by atoms with Gasteiger partial charge in [0, 0.05) is 19.2 Å². The minimum absolute atomic E-state index is 0. The van der Waals surface area contributed by atoms with E-state index in [0.717, 1.165) is 18.1 Å². The first-order valence-electron chi connectivity index (χ1n) is 6.77. The topological polar surface area (TPSA) is 62.5 Å². The lowest BCUT2D eigenvalue weighted by Gasteiger charge is -2.22. The summed E-state index contributed by atoms with van der Waals surface area (Å²) < 4.78 is 4.79.